The molecule has 0 aliphatic carbocycles. The summed E-state index contributed by atoms with van der Waals surface area (Å²) in [5.41, 5.74) is 1.17. The van der Waals surface area contributed by atoms with Crippen LogP contribution in [0.5, 0.6) is 0 Å². The van der Waals surface area contributed by atoms with Gasteiger partial charge in [0.25, 0.3) is 0 Å². The van der Waals surface area contributed by atoms with Crippen molar-refractivity contribution in [1.29, 1.82) is 0 Å². The number of hydrogen-bond acceptors (Lipinski definition) is 6. The van der Waals surface area contributed by atoms with Gasteiger partial charge in [-0.3, -0.25) is 0 Å². The van der Waals surface area contributed by atoms with Gasteiger partial charge in [-0.05, 0) is 24.6 Å². The Morgan fingerprint density at radius 2 is 1.83 bits per heavy atom. The Bertz CT molecular complexity index is 659. The van der Waals surface area contributed by atoms with Crippen molar-refractivity contribution in [1.82, 2.24) is 9.97 Å². The molecular weight excluding hydrogens is 302 g/mol. The molecular formula is C18H23N5O. The first-order valence-electron chi connectivity index (χ1n) is 8.61. The average molecular weight is 325 g/mol. The van der Waals surface area contributed by atoms with E-state index in [1.807, 2.05) is 18.3 Å². The zero-order valence-electron chi connectivity index (χ0n) is 13.8. The number of ether oxygens (including phenoxy) is 1. The molecule has 1 aromatic heterocycles. The SMILES string of the molecule is c1ccc(NC2CCN(c3nccc(N4CCOCC4)n3)C2)cc1. The first-order chi connectivity index (χ1) is 11.9. The van der Waals surface area contributed by atoms with Crippen molar-refractivity contribution in [2.75, 3.05) is 54.5 Å². The lowest BCUT2D eigenvalue weighted by molar-refractivity contribution is 0.122. The number of para-hydroxylation sites is 1. The fraction of sp³-hybridized carbons (Fsp3) is 0.444. The van der Waals surface area contributed by atoms with Crippen LogP contribution >= 0.6 is 0 Å². The minimum absolute atomic E-state index is 0.433. The maximum absolute atomic E-state index is 5.42. The Kier molecular flexibility index (Phi) is 4.46. The standard InChI is InChI=1S/C18H23N5O/c1-2-4-15(5-3-1)20-16-7-9-23(14-16)18-19-8-6-17(21-18)22-10-12-24-13-11-22/h1-6,8,16,20H,7,9-14H2. The van der Waals surface area contributed by atoms with Crippen molar-refractivity contribution < 1.29 is 4.74 Å². The fourth-order valence-electron chi connectivity index (χ4n) is 3.29. The minimum atomic E-state index is 0.433. The van der Waals surface area contributed by atoms with E-state index < -0.39 is 0 Å². The molecule has 1 N–H and O–H groups in total. The second-order valence-corrected chi connectivity index (χ2v) is 6.26. The third-order valence-corrected chi connectivity index (χ3v) is 4.58. The summed E-state index contributed by atoms with van der Waals surface area (Å²) in [5.74, 6) is 1.83. The highest BCUT2D eigenvalue weighted by Gasteiger charge is 2.25. The molecule has 2 aromatic rings. The number of hydrogen-bond donors (Lipinski definition) is 1. The van der Waals surface area contributed by atoms with Crippen LogP contribution in [0.15, 0.2) is 42.6 Å². The zero-order valence-corrected chi connectivity index (χ0v) is 13.8. The molecule has 0 bridgehead atoms. The molecule has 2 saturated heterocycles. The van der Waals surface area contributed by atoms with Gasteiger partial charge in [0, 0.05) is 44.1 Å². The molecule has 0 saturated carbocycles. The lowest BCUT2D eigenvalue weighted by atomic mass is 10.2. The maximum Gasteiger partial charge on any atom is 0.227 e. The average Bonchev–Trinajstić information content (AvgIpc) is 3.12. The van der Waals surface area contributed by atoms with E-state index in [0.29, 0.717) is 6.04 Å². The molecule has 4 rings (SSSR count). The highest BCUT2D eigenvalue weighted by Crippen LogP contribution is 2.22. The number of nitrogens with one attached hydrogen (secondary N) is 1. The van der Waals surface area contributed by atoms with Crippen molar-refractivity contribution in [2.24, 2.45) is 0 Å². The number of anilines is 3. The largest absolute Gasteiger partial charge is 0.380 e. The molecule has 2 fully saturated rings. The van der Waals surface area contributed by atoms with Crippen LogP contribution in [0.3, 0.4) is 0 Å². The van der Waals surface area contributed by atoms with E-state index in [2.05, 4.69) is 44.4 Å². The summed E-state index contributed by atoms with van der Waals surface area (Å²) in [6.07, 6.45) is 2.96. The molecule has 0 amide bonds. The van der Waals surface area contributed by atoms with Crippen LogP contribution in [-0.2, 0) is 4.74 Å². The Labute approximate surface area is 142 Å². The van der Waals surface area contributed by atoms with Crippen LogP contribution in [0.2, 0.25) is 0 Å². The number of benzene rings is 1. The second-order valence-electron chi connectivity index (χ2n) is 6.26. The van der Waals surface area contributed by atoms with Crippen molar-refractivity contribution in [3.63, 3.8) is 0 Å². The smallest absolute Gasteiger partial charge is 0.227 e. The van der Waals surface area contributed by atoms with Gasteiger partial charge in [-0.2, -0.15) is 4.98 Å². The van der Waals surface area contributed by atoms with Gasteiger partial charge in [-0.25, -0.2) is 4.98 Å². The summed E-state index contributed by atoms with van der Waals surface area (Å²) in [7, 11) is 0. The van der Waals surface area contributed by atoms with Gasteiger partial charge >= 0.3 is 0 Å². The lowest BCUT2D eigenvalue weighted by Gasteiger charge is -2.28. The molecule has 0 radical (unpaired) electrons. The van der Waals surface area contributed by atoms with E-state index >= 15 is 0 Å². The lowest BCUT2D eigenvalue weighted by Crippen LogP contribution is -2.37. The minimum Gasteiger partial charge on any atom is -0.380 e. The predicted octanol–water partition coefficient (Wildman–Crippen LogP) is 2.00. The first kappa shape index (κ1) is 15.2. The van der Waals surface area contributed by atoms with Crippen molar-refractivity contribution in [3.8, 4) is 0 Å². The third kappa shape index (κ3) is 3.43. The van der Waals surface area contributed by atoms with Crippen molar-refractivity contribution >= 4 is 17.5 Å². The predicted molar refractivity (Wildman–Crippen MR) is 95.7 cm³/mol. The van der Waals surface area contributed by atoms with Crippen LogP contribution in [0.25, 0.3) is 0 Å². The summed E-state index contributed by atoms with van der Waals surface area (Å²) < 4.78 is 5.42. The van der Waals surface area contributed by atoms with E-state index in [4.69, 9.17) is 9.72 Å². The highest BCUT2D eigenvalue weighted by atomic mass is 16.5. The number of aromatic nitrogens is 2. The number of nitrogens with zero attached hydrogens (tertiary/aromatic N) is 4. The Morgan fingerprint density at radius 1 is 1.00 bits per heavy atom. The van der Waals surface area contributed by atoms with Crippen LogP contribution in [0.1, 0.15) is 6.42 Å². The third-order valence-electron chi connectivity index (χ3n) is 4.58. The molecule has 126 valence electrons. The highest BCUT2D eigenvalue weighted by molar-refractivity contribution is 5.47. The van der Waals surface area contributed by atoms with Crippen LogP contribution < -0.4 is 15.1 Å². The molecule has 3 heterocycles. The molecule has 2 aliphatic heterocycles. The van der Waals surface area contributed by atoms with Gasteiger partial charge in [0.05, 0.1) is 13.2 Å². The molecule has 2 aliphatic rings. The van der Waals surface area contributed by atoms with Gasteiger partial charge in [-0.15, -0.1) is 0 Å². The normalized spacial score (nSPS) is 21.1. The summed E-state index contributed by atoms with van der Waals surface area (Å²) in [6, 6.07) is 12.8. The van der Waals surface area contributed by atoms with Crippen LogP contribution in [0, 0.1) is 0 Å². The molecule has 1 unspecified atom stereocenters. The van der Waals surface area contributed by atoms with Crippen molar-refractivity contribution in [3.05, 3.63) is 42.6 Å². The van der Waals surface area contributed by atoms with E-state index in [1.165, 1.54) is 5.69 Å². The van der Waals surface area contributed by atoms with Gasteiger partial charge in [-0.1, -0.05) is 18.2 Å². The van der Waals surface area contributed by atoms with E-state index in [1.54, 1.807) is 0 Å². The molecule has 6 nitrogen and oxygen atoms in total. The first-order valence-corrected chi connectivity index (χ1v) is 8.61. The van der Waals surface area contributed by atoms with E-state index in [-0.39, 0.29) is 0 Å². The van der Waals surface area contributed by atoms with Gasteiger partial charge < -0.3 is 19.9 Å². The summed E-state index contributed by atoms with van der Waals surface area (Å²) >= 11 is 0. The van der Waals surface area contributed by atoms with Gasteiger partial charge in [0.2, 0.25) is 5.95 Å². The zero-order chi connectivity index (χ0) is 16.2. The Hall–Kier alpha value is -2.34. The monoisotopic (exact) mass is 325 g/mol. The Morgan fingerprint density at radius 3 is 2.67 bits per heavy atom. The van der Waals surface area contributed by atoms with Crippen LogP contribution in [-0.4, -0.2) is 55.4 Å². The quantitative estimate of drug-likeness (QED) is 0.928. The number of morpholine rings is 1. The van der Waals surface area contributed by atoms with E-state index in [9.17, 15) is 0 Å². The molecule has 6 heteroatoms. The van der Waals surface area contributed by atoms with Crippen LogP contribution in [0.4, 0.5) is 17.5 Å². The van der Waals surface area contributed by atoms with Crippen molar-refractivity contribution in [2.45, 2.75) is 12.5 Å². The Balaban J connectivity index is 1.41. The topological polar surface area (TPSA) is 53.5 Å². The maximum atomic E-state index is 5.42. The molecule has 1 aromatic carbocycles. The summed E-state index contributed by atoms with van der Waals surface area (Å²) in [5, 5.41) is 3.59. The molecule has 1 atom stereocenters. The van der Waals surface area contributed by atoms with Gasteiger partial charge in [0.15, 0.2) is 0 Å². The fourth-order valence-corrected chi connectivity index (χ4v) is 3.29. The second kappa shape index (κ2) is 7.05. The molecule has 0 spiro atoms. The van der Waals surface area contributed by atoms with E-state index in [0.717, 1.165) is 57.6 Å². The summed E-state index contributed by atoms with van der Waals surface area (Å²) in [6.45, 7) is 5.25. The summed E-state index contributed by atoms with van der Waals surface area (Å²) in [4.78, 5) is 13.8. The number of rotatable bonds is 4. The van der Waals surface area contributed by atoms with Gasteiger partial charge in [0.1, 0.15) is 5.82 Å². The molecule has 24 heavy (non-hydrogen) atoms.